The van der Waals surface area contributed by atoms with Crippen molar-refractivity contribution in [3.8, 4) is 0 Å². The number of hydrogen-bond acceptors (Lipinski definition) is 5. The molecular weight excluding hydrogens is 200 g/mol. The third-order valence-corrected chi connectivity index (χ3v) is 1.79. The SMILES string of the molecule is C=CC(=O)OC(O)CCS(=O)(=O)O. The van der Waals surface area contributed by atoms with E-state index in [4.69, 9.17) is 9.66 Å². The Morgan fingerprint density at radius 1 is 1.62 bits per heavy atom. The maximum Gasteiger partial charge on any atom is 0.332 e. The number of carbonyl (C=O) groups excluding carboxylic acids is 1. The Hall–Kier alpha value is -0.920. The maximum absolute atomic E-state index is 10.4. The van der Waals surface area contributed by atoms with Crippen molar-refractivity contribution < 1.29 is 27.6 Å². The van der Waals surface area contributed by atoms with Crippen molar-refractivity contribution in [2.24, 2.45) is 0 Å². The van der Waals surface area contributed by atoms with Gasteiger partial charge in [0.1, 0.15) is 0 Å². The highest BCUT2D eigenvalue weighted by molar-refractivity contribution is 7.85. The summed E-state index contributed by atoms with van der Waals surface area (Å²) >= 11 is 0. The van der Waals surface area contributed by atoms with Crippen molar-refractivity contribution in [3.63, 3.8) is 0 Å². The molecule has 2 N–H and O–H groups in total. The summed E-state index contributed by atoms with van der Waals surface area (Å²) in [6.45, 7) is 3.07. The summed E-state index contributed by atoms with van der Waals surface area (Å²) in [5, 5.41) is 8.85. The number of esters is 1. The van der Waals surface area contributed by atoms with Crippen LogP contribution in [0.1, 0.15) is 6.42 Å². The van der Waals surface area contributed by atoms with Gasteiger partial charge in [0.2, 0.25) is 6.29 Å². The Bertz CT molecular complexity index is 279. The fourth-order valence-corrected chi connectivity index (χ4v) is 0.990. The van der Waals surface area contributed by atoms with Crippen LogP contribution >= 0.6 is 0 Å². The van der Waals surface area contributed by atoms with E-state index >= 15 is 0 Å². The highest BCUT2D eigenvalue weighted by Crippen LogP contribution is 1.98. The van der Waals surface area contributed by atoms with Crippen molar-refractivity contribution in [2.75, 3.05) is 5.75 Å². The van der Waals surface area contributed by atoms with Crippen LogP contribution in [0.3, 0.4) is 0 Å². The second-order valence-electron chi connectivity index (χ2n) is 2.17. The van der Waals surface area contributed by atoms with Crippen LogP contribution in [0, 0.1) is 0 Å². The van der Waals surface area contributed by atoms with Gasteiger partial charge in [0.05, 0.1) is 5.75 Å². The first-order valence-electron chi connectivity index (χ1n) is 3.31. The van der Waals surface area contributed by atoms with Crippen LogP contribution in [0.25, 0.3) is 0 Å². The predicted molar refractivity (Wildman–Crippen MR) is 43.3 cm³/mol. The minimum Gasteiger partial charge on any atom is -0.433 e. The highest BCUT2D eigenvalue weighted by Gasteiger charge is 2.12. The molecule has 0 radical (unpaired) electrons. The number of ether oxygens (including phenoxy) is 1. The van der Waals surface area contributed by atoms with E-state index in [1.165, 1.54) is 0 Å². The molecule has 0 amide bonds. The summed E-state index contributed by atoms with van der Waals surface area (Å²) in [6.07, 6.45) is -1.10. The van der Waals surface area contributed by atoms with Crippen LogP contribution in [0.2, 0.25) is 0 Å². The summed E-state index contributed by atoms with van der Waals surface area (Å²) in [5.41, 5.74) is 0. The van der Waals surface area contributed by atoms with Gasteiger partial charge in [0.15, 0.2) is 0 Å². The molecule has 76 valence electrons. The molecule has 0 bridgehead atoms. The monoisotopic (exact) mass is 210 g/mol. The van der Waals surface area contributed by atoms with Gasteiger partial charge >= 0.3 is 5.97 Å². The first-order valence-corrected chi connectivity index (χ1v) is 4.92. The molecule has 0 aromatic rings. The Kier molecular flexibility index (Phi) is 4.60. The first-order chi connectivity index (χ1) is 5.85. The van der Waals surface area contributed by atoms with Gasteiger partial charge in [0.25, 0.3) is 10.1 Å². The average molecular weight is 210 g/mol. The van der Waals surface area contributed by atoms with Crippen LogP contribution in [-0.2, 0) is 19.6 Å². The zero-order chi connectivity index (χ0) is 10.5. The molecule has 6 nitrogen and oxygen atoms in total. The van der Waals surface area contributed by atoms with Crippen LogP contribution in [-0.4, -0.2) is 36.1 Å². The highest BCUT2D eigenvalue weighted by atomic mass is 32.2. The van der Waals surface area contributed by atoms with Crippen molar-refractivity contribution in [1.82, 2.24) is 0 Å². The van der Waals surface area contributed by atoms with Gasteiger partial charge in [-0.2, -0.15) is 8.42 Å². The molecule has 7 heteroatoms. The molecule has 0 aromatic carbocycles. The van der Waals surface area contributed by atoms with E-state index < -0.39 is 28.1 Å². The summed E-state index contributed by atoms with van der Waals surface area (Å²) in [5.74, 6) is -1.53. The predicted octanol–water partition coefficient (Wildman–Crippen LogP) is -0.688. The Balaban J connectivity index is 3.82. The minimum atomic E-state index is -4.14. The van der Waals surface area contributed by atoms with E-state index in [9.17, 15) is 13.2 Å². The standard InChI is InChI=1S/C6H10O6S/c1-2-5(7)12-6(8)3-4-13(9,10)11/h2,6,8H,1,3-4H2,(H,9,10,11). The second-order valence-corrected chi connectivity index (χ2v) is 3.74. The van der Waals surface area contributed by atoms with Gasteiger partial charge in [-0.05, 0) is 0 Å². The summed E-state index contributed by atoms with van der Waals surface area (Å²) in [7, 11) is -4.14. The van der Waals surface area contributed by atoms with Gasteiger partial charge in [-0.15, -0.1) is 0 Å². The molecule has 0 aromatic heterocycles. The normalized spacial score (nSPS) is 13.4. The van der Waals surface area contributed by atoms with Crippen molar-refractivity contribution in [2.45, 2.75) is 12.7 Å². The first kappa shape index (κ1) is 12.1. The van der Waals surface area contributed by atoms with Crippen molar-refractivity contribution >= 4 is 16.1 Å². The van der Waals surface area contributed by atoms with Gasteiger partial charge in [-0.1, -0.05) is 6.58 Å². The summed E-state index contributed by atoms with van der Waals surface area (Å²) < 4.78 is 32.8. The Labute approximate surface area is 75.6 Å². The van der Waals surface area contributed by atoms with Crippen molar-refractivity contribution in [3.05, 3.63) is 12.7 Å². The summed E-state index contributed by atoms with van der Waals surface area (Å²) in [6, 6.07) is 0. The zero-order valence-corrected chi connectivity index (χ0v) is 7.53. The molecule has 0 spiro atoms. The van der Waals surface area contributed by atoms with Crippen LogP contribution < -0.4 is 0 Å². The van der Waals surface area contributed by atoms with Gasteiger partial charge in [-0.25, -0.2) is 4.79 Å². The van der Waals surface area contributed by atoms with E-state index in [2.05, 4.69) is 11.3 Å². The number of aliphatic hydroxyl groups excluding tert-OH is 1. The molecule has 0 heterocycles. The topological polar surface area (TPSA) is 101 Å². The molecule has 0 saturated heterocycles. The molecule has 0 aliphatic heterocycles. The fraction of sp³-hybridized carbons (Fsp3) is 0.500. The molecule has 1 atom stereocenters. The van der Waals surface area contributed by atoms with E-state index in [0.29, 0.717) is 0 Å². The van der Waals surface area contributed by atoms with Gasteiger partial charge in [0, 0.05) is 12.5 Å². The smallest absolute Gasteiger partial charge is 0.332 e. The van der Waals surface area contributed by atoms with Gasteiger partial charge in [-0.3, -0.25) is 4.55 Å². The lowest BCUT2D eigenvalue weighted by Gasteiger charge is -2.08. The third-order valence-electron chi connectivity index (χ3n) is 1.04. The molecular formula is C6H10O6S. The Morgan fingerprint density at radius 2 is 2.15 bits per heavy atom. The van der Waals surface area contributed by atoms with E-state index in [1.807, 2.05) is 0 Å². The maximum atomic E-state index is 10.4. The molecule has 13 heavy (non-hydrogen) atoms. The van der Waals surface area contributed by atoms with Crippen LogP contribution in [0.15, 0.2) is 12.7 Å². The molecule has 0 saturated carbocycles. The Morgan fingerprint density at radius 3 is 2.54 bits per heavy atom. The van der Waals surface area contributed by atoms with Crippen LogP contribution in [0.5, 0.6) is 0 Å². The molecule has 0 aliphatic carbocycles. The average Bonchev–Trinajstić information content (AvgIpc) is 1.99. The number of rotatable bonds is 5. The second kappa shape index (κ2) is 4.95. The van der Waals surface area contributed by atoms with E-state index in [1.54, 1.807) is 0 Å². The molecule has 0 fully saturated rings. The lowest BCUT2D eigenvalue weighted by atomic mass is 10.5. The lowest BCUT2D eigenvalue weighted by Crippen LogP contribution is -2.19. The largest absolute Gasteiger partial charge is 0.433 e. The minimum absolute atomic E-state index is 0.377. The fourth-order valence-electron chi connectivity index (χ4n) is 0.491. The molecule has 0 aliphatic rings. The van der Waals surface area contributed by atoms with Gasteiger partial charge < -0.3 is 9.84 Å². The third kappa shape index (κ3) is 7.44. The zero-order valence-electron chi connectivity index (χ0n) is 6.71. The number of carbonyl (C=O) groups is 1. The van der Waals surface area contributed by atoms with E-state index in [0.717, 1.165) is 6.08 Å². The molecule has 0 rings (SSSR count). The summed E-state index contributed by atoms with van der Waals surface area (Å²) in [4.78, 5) is 10.4. The number of hydrogen-bond donors (Lipinski definition) is 2. The van der Waals surface area contributed by atoms with Crippen LogP contribution in [0.4, 0.5) is 0 Å². The van der Waals surface area contributed by atoms with E-state index in [-0.39, 0.29) is 6.42 Å². The lowest BCUT2D eigenvalue weighted by molar-refractivity contribution is -0.161. The quantitative estimate of drug-likeness (QED) is 0.269. The molecule has 1 unspecified atom stereocenters. The number of aliphatic hydroxyl groups is 1. The van der Waals surface area contributed by atoms with Crippen molar-refractivity contribution in [1.29, 1.82) is 0 Å².